The fourth-order valence-corrected chi connectivity index (χ4v) is 1.75. The van der Waals surface area contributed by atoms with Gasteiger partial charge < -0.3 is 15.4 Å². The highest BCUT2D eigenvalue weighted by Crippen LogP contribution is 2.28. The van der Waals surface area contributed by atoms with Crippen molar-refractivity contribution >= 4 is 35.9 Å². The Balaban J connectivity index is 0.00000576. The minimum atomic E-state index is -4.35. The number of nitrogens with zero attached hydrogens (tertiary/aromatic N) is 1. The van der Waals surface area contributed by atoms with E-state index in [0.717, 1.165) is 12.1 Å². The largest absolute Gasteiger partial charge is 0.459 e. The van der Waals surface area contributed by atoms with Crippen molar-refractivity contribution in [1.29, 1.82) is 0 Å². The Bertz CT molecular complexity index is 582. The summed E-state index contributed by atoms with van der Waals surface area (Å²) < 4.78 is 42.6. The molecule has 25 heavy (non-hydrogen) atoms. The SMILES string of the molecule is CN=C(NCC(=O)OC(C)(C)C)NCc1ccc(C(F)(F)F)cc1.I. The molecule has 0 aliphatic carbocycles. The smallest absolute Gasteiger partial charge is 0.416 e. The second kappa shape index (κ2) is 9.83. The van der Waals surface area contributed by atoms with E-state index < -0.39 is 23.3 Å². The van der Waals surface area contributed by atoms with Gasteiger partial charge in [-0.15, -0.1) is 24.0 Å². The van der Waals surface area contributed by atoms with Crippen molar-refractivity contribution in [2.75, 3.05) is 13.6 Å². The summed E-state index contributed by atoms with van der Waals surface area (Å²) in [6, 6.07) is 4.82. The van der Waals surface area contributed by atoms with Crippen LogP contribution in [0.2, 0.25) is 0 Å². The van der Waals surface area contributed by atoms with E-state index in [1.54, 1.807) is 20.8 Å². The third-order valence-electron chi connectivity index (χ3n) is 2.79. The quantitative estimate of drug-likeness (QED) is 0.305. The maximum atomic E-state index is 12.5. The first-order valence-corrected chi connectivity index (χ1v) is 7.34. The zero-order valence-corrected chi connectivity index (χ0v) is 16.9. The van der Waals surface area contributed by atoms with Gasteiger partial charge in [0.2, 0.25) is 0 Å². The molecule has 1 aromatic rings. The molecule has 1 aromatic carbocycles. The van der Waals surface area contributed by atoms with E-state index in [2.05, 4.69) is 15.6 Å². The molecule has 1 rings (SSSR count). The molecule has 5 nitrogen and oxygen atoms in total. The zero-order valence-electron chi connectivity index (χ0n) is 14.5. The van der Waals surface area contributed by atoms with Gasteiger partial charge in [0.15, 0.2) is 5.96 Å². The van der Waals surface area contributed by atoms with Crippen LogP contribution in [0.4, 0.5) is 13.2 Å². The molecule has 142 valence electrons. The van der Waals surface area contributed by atoms with Crippen LogP contribution in [0.1, 0.15) is 31.9 Å². The monoisotopic (exact) mass is 473 g/mol. The second-order valence-corrected chi connectivity index (χ2v) is 6.06. The van der Waals surface area contributed by atoms with Crippen molar-refractivity contribution in [3.05, 3.63) is 35.4 Å². The van der Waals surface area contributed by atoms with Gasteiger partial charge in [-0.25, -0.2) is 0 Å². The molecule has 0 aromatic heterocycles. The number of carbonyl (C=O) groups excluding carboxylic acids is 1. The van der Waals surface area contributed by atoms with Crippen LogP contribution in [0, 0.1) is 0 Å². The van der Waals surface area contributed by atoms with Crippen molar-refractivity contribution in [2.24, 2.45) is 4.99 Å². The van der Waals surface area contributed by atoms with Crippen LogP contribution in [0.3, 0.4) is 0 Å². The molecule has 0 amide bonds. The molecule has 0 fully saturated rings. The summed E-state index contributed by atoms with van der Waals surface area (Å²) in [5.41, 5.74) is -0.613. The molecule has 0 radical (unpaired) electrons. The Morgan fingerprint density at radius 3 is 2.12 bits per heavy atom. The van der Waals surface area contributed by atoms with Gasteiger partial charge in [-0.2, -0.15) is 13.2 Å². The number of nitrogens with one attached hydrogen (secondary N) is 2. The number of guanidine groups is 1. The predicted octanol–water partition coefficient (Wildman–Crippen LogP) is 3.33. The Morgan fingerprint density at radius 1 is 1.12 bits per heavy atom. The first kappa shape index (κ1) is 23.5. The summed E-state index contributed by atoms with van der Waals surface area (Å²) in [5, 5.41) is 5.69. The van der Waals surface area contributed by atoms with E-state index >= 15 is 0 Å². The number of alkyl halides is 3. The van der Waals surface area contributed by atoms with Crippen LogP contribution in [0.5, 0.6) is 0 Å². The highest BCUT2D eigenvalue weighted by atomic mass is 127. The van der Waals surface area contributed by atoms with E-state index in [9.17, 15) is 18.0 Å². The molecular weight excluding hydrogens is 450 g/mol. The van der Waals surface area contributed by atoms with Crippen molar-refractivity contribution in [2.45, 2.75) is 39.1 Å². The van der Waals surface area contributed by atoms with Gasteiger partial charge in [0.25, 0.3) is 0 Å². The van der Waals surface area contributed by atoms with E-state index in [1.807, 2.05) is 0 Å². The van der Waals surface area contributed by atoms with E-state index in [1.165, 1.54) is 19.2 Å². The lowest BCUT2D eigenvalue weighted by molar-refractivity contribution is -0.153. The van der Waals surface area contributed by atoms with Crippen LogP contribution in [-0.4, -0.2) is 31.1 Å². The predicted molar refractivity (Wildman–Crippen MR) is 101 cm³/mol. The number of benzene rings is 1. The number of aliphatic imine (C=N–C) groups is 1. The number of hydrogen-bond acceptors (Lipinski definition) is 3. The minimum Gasteiger partial charge on any atom is -0.459 e. The fraction of sp³-hybridized carbons (Fsp3) is 0.500. The van der Waals surface area contributed by atoms with Gasteiger partial charge in [-0.3, -0.25) is 9.79 Å². The third-order valence-corrected chi connectivity index (χ3v) is 2.79. The minimum absolute atomic E-state index is 0. The lowest BCUT2D eigenvalue weighted by atomic mass is 10.1. The highest BCUT2D eigenvalue weighted by Gasteiger charge is 2.29. The number of halogens is 4. The molecule has 0 atom stereocenters. The second-order valence-electron chi connectivity index (χ2n) is 6.06. The molecule has 0 heterocycles. The summed E-state index contributed by atoms with van der Waals surface area (Å²) in [4.78, 5) is 15.5. The molecule has 0 spiro atoms. The topological polar surface area (TPSA) is 62.7 Å². The molecule has 0 unspecified atom stereocenters. The molecular formula is C16H23F3IN3O2. The Kier molecular flexibility index (Phi) is 9.23. The summed E-state index contributed by atoms with van der Waals surface area (Å²) in [5.74, 6) is -0.0827. The first-order chi connectivity index (χ1) is 11.0. The van der Waals surface area contributed by atoms with Gasteiger partial charge in [0.05, 0.1) is 5.56 Å². The lowest BCUT2D eigenvalue weighted by Gasteiger charge is -2.20. The van der Waals surface area contributed by atoms with Crippen LogP contribution >= 0.6 is 24.0 Å². The number of carbonyl (C=O) groups is 1. The number of esters is 1. The highest BCUT2D eigenvalue weighted by molar-refractivity contribution is 14.0. The summed E-state index contributed by atoms with van der Waals surface area (Å²) >= 11 is 0. The van der Waals surface area contributed by atoms with Gasteiger partial charge in [-0.1, -0.05) is 12.1 Å². The Morgan fingerprint density at radius 2 is 1.68 bits per heavy atom. The fourth-order valence-electron chi connectivity index (χ4n) is 1.75. The number of rotatable bonds is 4. The third kappa shape index (κ3) is 9.51. The number of hydrogen-bond donors (Lipinski definition) is 2. The number of ether oxygens (including phenoxy) is 1. The van der Waals surface area contributed by atoms with Crippen LogP contribution < -0.4 is 10.6 Å². The van der Waals surface area contributed by atoms with Gasteiger partial charge in [0.1, 0.15) is 12.1 Å². The summed E-state index contributed by atoms with van der Waals surface area (Å²) in [6.45, 7) is 5.50. The van der Waals surface area contributed by atoms with Crippen molar-refractivity contribution in [3.63, 3.8) is 0 Å². The van der Waals surface area contributed by atoms with Crippen molar-refractivity contribution in [3.8, 4) is 0 Å². The van der Waals surface area contributed by atoms with Crippen molar-refractivity contribution in [1.82, 2.24) is 10.6 Å². The summed E-state index contributed by atoms with van der Waals surface area (Å²) in [7, 11) is 1.52. The summed E-state index contributed by atoms with van der Waals surface area (Å²) in [6.07, 6.45) is -4.35. The van der Waals surface area contributed by atoms with Crippen LogP contribution in [-0.2, 0) is 22.3 Å². The maximum Gasteiger partial charge on any atom is 0.416 e. The molecule has 0 bridgehead atoms. The molecule has 0 saturated carbocycles. The Hall–Kier alpha value is -1.52. The standard InChI is InChI=1S/C16H22F3N3O2.HI/c1-15(2,3)24-13(23)10-22-14(20-4)21-9-11-5-7-12(8-6-11)16(17,18)19;/h5-8H,9-10H2,1-4H3,(H2,20,21,22);1H. The zero-order chi connectivity index (χ0) is 18.4. The molecule has 9 heteroatoms. The average Bonchev–Trinajstić information content (AvgIpc) is 2.45. The lowest BCUT2D eigenvalue weighted by Crippen LogP contribution is -2.41. The normalized spacial score (nSPS) is 12.2. The van der Waals surface area contributed by atoms with E-state index in [-0.39, 0.29) is 37.1 Å². The van der Waals surface area contributed by atoms with Crippen LogP contribution in [0.25, 0.3) is 0 Å². The van der Waals surface area contributed by atoms with Crippen LogP contribution in [0.15, 0.2) is 29.3 Å². The van der Waals surface area contributed by atoms with Crippen molar-refractivity contribution < 1.29 is 22.7 Å². The molecule has 2 N–H and O–H groups in total. The maximum absolute atomic E-state index is 12.5. The average molecular weight is 473 g/mol. The Labute approximate surface area is 162 Å². The van der Waals surface area contributed by atoms with E-state index in [4.69, 9.17) is 4.74 Å². The van der Waals surface area contributed by atoms with E-state index in [0.29, 0.717) is 11.5 Å². The molecule has 0 aliphatic rings. The van der Waals surface area contributed by atoms with Gasteiger partial charge in [0, 0.05) is 13.6 Å². The molecule has 0 saturated heterocycles. The van der Waals surface area contributed by atoms with Gasteiger partial charge in [-0.05, 0) is 38.5 Å². The van der Waals surface area contributed by atoms with Gasteiger partial charge >= 0.3 is 12.1 Å². The molecule has 0 aliphatic heterocycles. The first-order valence-electron chi connectivity index (χ1n) is 7.34.